The van der Waals surface area contributed by atoms with E-state index in [0.29, 0.717) is 30.7 Å². The van der Waals surface area contributed by atoms with Gasteiger partial charge < -0.3 is 20.1 Å². The Bertz CT molecular complexity index is 743. The molecule has 0 atom stereocenters. The van der Waals surface area contributed by atoms with Crippen LogP contribution in [0.4, 0.5) is 5.82 Å². The Labute approximate surface area is 156 Å². The van der Waals surface area contributed by atoms with Crippen LogP contribution in [0.2, 0.25) is 0 Å². The summed E-state index contributed by atoms with van der Waals surface area (Å²) in [6.07, 6.45) is 1.70. The third-order valence-electron chi connectivity index (χ3n) is 3.10. The van der Waals surface area contributed by atoms with E-state index in [1.54, 1.807) is 6.20 Å². The number of halogens is 2. The molecule has 1 aliphatic rings. The maximum Gasteiger partial charge on any atom is 0.172 e. The second-order valence-electron chi connectivity index (χ2n) is 4.77. The van der Waals surface area contributed by atoms with Gasteiger partial charge in [-0.25, -0.2) is 4.98 Å². The van der Waals surface area contributed by atoms with Crippen molar-refractivity contribution in [3.05, 3.63) is 45.0 Å². The predicted molar refractivity (Wildman–Crippen MR) is 100 cm³/mol. The summed E-state index contributed by atoms with van der Waals surface area (Å²) < 4.78 is 12.8. The van der Waals surface area contributed by atoms with Crippen molar-refractivity contribution in [3.8, 4) is 11.5 Å². The minimum atomic E-state index is 0.496. The lowest BCUT2D eigenvalue weighted by Gasteiger charge is -2.19. The van der Waals surface area contributed by atoms with Gasteiger partial charge in [0.2, 0.25) is 0 Å². The quantitative estimate of drug-likeness (QED) is 0.681. The molecule has 0 saturated carbocycles. The summed E-state index contributed by atoms with van der Waals surface area (Å²) in [4.78, 5) is 4.26. The summed E-state index contributed by atoms with van der Waals surface area (Å²) in [5.41, 5.74) is 1.06. The summed E-state index contributed by atoms with van der Waals surface area (Å²) in [5, 5.41) is 6.70. The van der Waals surface area contributed by atoms with E-state index in [-0.39, 0.29) is 0 Å². The normalized spacial score (nSPS) is 12.6. The summed E-state index contributed by atoms with van der Waals surface area (Å²) >= 11 is 12.1. The average molecular weight is 459 g/mol. The van der Waals surface area contributed by atoms with E-state index < -0.39 is 0 Å². The molecule has 0 spiro atoms. The monoisotopic (exact) mass is 457 g/mol. The van der Waals surface area contributed by atoms with Gasteiger partial charge in [-0.05, 0) is 67.8 Å². The lowest BCUT2D eigenvalue weighted by molar-refractivity contribution is 0.171. The standard InChI is InChI=1S/C15H13Br2N3O2S/c16-10-6-11(17)14(18-8-10)20-15(23)19-7-9-1-2-12-13(5-9)22-4-3-21-12/h1-2,5-6,8H,3-4,7H2,(H2,18,19,20,23). The topological polar surface area (TPSA) is 55.4 Å². The smallest absolute Gasteiger partial charge is 0.172 e. The maximum atomic E-state index is 5.57. The van der Waals surface area contributed by atoms with Crippen LogP contribution in [0, 0.1) is 0 Å². The highest BCUT2D eigenvalue weighted by Gasteiger charge is 2.12. The molecule has 0 bridgehead atoms. The van der Waals surface area contributed by atoms with Gasteiger partial charge in [-0.1, -0.05) is 6.07 Å². The second-order valence-corrected chi connectivity index (χ2v) is 6.95. The third kappa shape index (κ3) is 4.33. The first-order chi connectivity index (χ1) is 11.1. The SMILES string of the molecule is S=C(NCc1ccc2c(c1)OCCO2)Nc1ncc(Br)cc1Br. The Morgan fingerprint density at radius 2 is 1.96 bits per heavy atom. The van der Waals surface area contributed by atoms with Crippen molar-refractivity contribution < 1.29 is 9.47 Å². The van der Waals surface area contributed by atoms with Gasteiger partial charge in [0.05, 0.1) is 4.47 Å². The van der Waals surface area contributed by atoms with E-state index in [2.05, 4.69) is 47.5 Å². The van der Waals surface area contributed by atoms with Crippen LogP contribution in [0.25, 0.3) is 0 Å². The number of ether oxygens (including phenoxy) is 2. The Morgan fingerprint density at radius 1 is 1.17 bits per heavy atom. The van der Waals surface area contributed by atoms with Crippen LogP contribution in [0.5, 0.6) is 11.5 Å². The number of anilines is 1. The number of pyridine rings is 1. The van der Waals surface area contributed by atoms with Crippen LogP contribution in [0.3, 0.4) is 0 Å². The minimum Gasteiger partial charge on any atom is -0.486 e. The van der Waals surface area contributed by atoms with Gasteiger partial charge in [-0.3, -0.25) is 0 Å². The molecule has 0 unspecified atom stereocenters. The fourth-order valence-electron chi connectivity index (χ4n) is 2.04. The van der Waals surface area contributed by atoms with Crippen molar-refractivity contribution in [1.82, 2.24) is 10.3 Å². The molecule has 0 amide bonds. The molecule has 3 rings (SSSR count). The zero-order valence-electron chi connectivity index (χ0n) is 11.9. The molecule has 2 N–H and O–H groups in total. The number of benzene rings is 1. The average Bonchev–Trinajstić information content (AvgIpc) is 2.55. The van der Waals surface area contributed by atoms with E-state index in [1.165, 1.54) is 0 Å². The van der Waals surface area contributed by atoms with E-state index in [4.69, 9.17) is 21.7 Å². The van der Waals surface area contributed by atoms with Crippen LogP contribution in [0.1, 0.15) is 5.56 Å². The number of hydrogen-bond acceptors (Lipinski definition) is 4. The highest BCUT2D eigenvalue weighted by molar-refractivity contribution is 9.11. The molecular formula is C15H13Br2N3O2S. The van der Waals surface area contributed by atoms with Crippen LogP contribution >= 0.6 is 44.1 Å². The highest BCUT2D eigenvalue weighted by Crippen LogP contribution is 2.30. The van der Waals surface area contributed by atoms with Gasteiger partial charge in [-0.15, -0.1) is 0 Å². The van der Waals surface area contributed by atoms with Crippen molar-refractivity contribution in [2.24, 2.45) is 0 Å². The first-order valence-corrected chi connectivity index (χ1v) is 8.85. The molecule has 2 heterocycles. The van der Waals surface area contributed by atoms with Gasteiger partial charge >= 0.3 is 0 Å². The summed E-state index contributed by atoms with van der Waals surface area (Å²) in [7, 11) is 0. The van der Waals surface area contributed by atoms with E-state index in [9.17, 15) is 0 Å². The molecular weight excluding hydrogens is 446 g/mol. The lowest BCUT2D eigenvalue weighted by atomic mass is 10.2. The Kier molecular flexibility index (Phi) is 5.34. The van der Waals surface area contributed by atoms with E-state index >= 15 is 0 Å². The number of rotatable bonds is 3. The molecule has 1 aromatic heterocycles. The number of nitrogens with zero attached hydrogens (tertiary/aromatic N) is 1. The molecule has 23 heavy (non-hydrogen) atoms. The van der Waals surface area contributed by atoms with Gasteiger partial charge in [-0.2, -0.15) is 0 Å². The third-order valence-corrected chi connectivity index (χ3v) is 4.38. The van der Waals surface area contributed by atoms with Crippen LogP contribution in [0.15, 0.2) is 39.4 Å². The van der Waals surface area contributed by atoms with Gasteiger partial charge in [0.25, 0.3) is 0 Å². The Morgan fingerprint density at radius 3 is 2.74 bits per heavy atom. The molecule has 5 nitrogen and oxygen atoms in total. The van der Waals surface area contributed by atoms with E-state index in [1.807, 2.05) is 24.3 Å². The zero-order chi connectivity index (χ0) is 16.2. The van der Waals surface area contributed by atoms with Crippen LogP contribution in [-0.2, 0) is 6.54 Å². The summed E-state index contributed by atoms with van der Waals surface area (Å²) in [6.45, 7) is 1.75. The van der Waals surface area contributed by atoms with Crippen molar-refractivity contribution in [1.29, 1.82) is 0 Å². The molecule has 8 heteroatoms. The van der Waals surface area contributed by atoms with Crippen LogP contribution < -0.4 is 20.1 Å². The van der Waals surface area contributed by atoms with Gasteiger partial charge in [0, 0.05) is 17.2 Å². The fourth-order valence-corrected chi connectivity index (χ4v) is 3.29. The first kappa shape index (κ1) is 16.5. The Hall–Kier alpha value is -1.38. The lowest BCUT2D eigenvalue weighted by Crippen LogP contribution is -2.28. The predicted octanol–water partition coefficient (Wildman–Crippen LogP) is 3.86. The molecule has 120 valence electrons. The number of fused-ring (bicyclic) bond motifs is 1. The van der Waals surface area contributed by atoms with Crippen molar-refractivity contribution in [2.75, 3.05) is 18.5 Å². The molecule has 0 fully saturated rings. The largest absolute Gasteiger partial charge is 0.486 e. The van der Waals surface area contributed by atoms with Gasteiger partial charge in [0.1, 0.15) is 19.0 Å². The van der Waals surface area contributed by atoms with Crippen molar-refractivity contribution in [2.45, 2.75) is 6.54 Å². The summed E-state index contributed by atoms with van der Waals surface area (Å²) in [5.74, 6) is 2.21. The first-order valence-electron chi connectivity index (χ1n) is 6.86. The van der Waals surface area contributed by atoms with Crippen molar-refractivity contribution in [3.63, 3.8) is 0 Å². The Balaban J connectivity index is 1.58. The number of aromatic nitrogens is 1. The molecule has 0 aliphatic carbocycles. The van der Waals surface area contributed by atoms with Gasteiger partial charge in [0.15, 0.2) is 16.6 Å². The molecule has 1 aliphatic heterocycles. The van der Waals surface area contributed by atoms with Crippen LogP contribution in [-0.4, -0.2) is 23.3 Å². The maximum absolute atomic E-state index is 5.57. The molecule has 1 aromatic carbocycles. The summed E-state index contributed by atoms with van der Waals surface area (Å²) in [6, 6.07) is 7.75. The zero-order valence-corrected chi connectivity index (χ0v) is 15.9. The number of thiocarbonyl (C=S) groups is 1. The number of hydrogen-bond donors (Lipinski definition) is 2. The minimum absolute atomic E-state index is 0.496. The van der Waals surface area contributed by atoms with E-state index in [0.717, 1.165) is 26.0 Å². The molecule has 0 saturated heterocycles. The molecule has 0 radical (unpaired) electrons. The number of nitrogens with one attached hydrogen (secondary N) is 2. The highest BCUT2D eigenvalue weighted by atomic mass is 79.9. The molecule has 2 aromatic rings. The van der Waals surface area contributed by atoms with Crippen molar-refractivity contribution >= 4 is 55.0 Å². The fraction of sp³-hybridized carbons (Fsp3) is 0.200. The second kappa shape index (κ2) is 7.46.